The van der Waals surface area contributed by atoms with E-state index in [1.54, 1.807) is 0 Å². The Morgan fingerprint density at radius 3 is 1.86 bits per heavy atom. The van der Waals surface area contributed by atoms with Crippen molar-refractivity contribution < 1.29 is 4.42 Å². The molecule has 2 saturated carbocycles. The van der Waals surface area contributed by atoms with Crippen molar-refractivity contribution in [2.75, 3.05) is 0 Å². The predicted octanol–water partition coefficient (Wildman–Crippen LogP) is 4.21. The van der Waals surface area contributed by atoms with E-state index >= 15 is 0 Å². The molecule has 21 heavy (non-hydrogen) atoms. The molecule has 0 atom stereocenters. The SMILES string of the molecule is NCc1ccc(CN(C2CCCCC2)C2CCCCC2)o1. The van der Waals surface area contributed by atoms with Crippen molar-refractivity contribution in [2.45, 2.75) is 89.4 Å². The number of rotatable bonds is 5. The van der Waals surface area contributed by atoms with Crippen LogP contribution in [0, 0.1) is 0 Å². The maximum atomic E-state index is 5.88. The van der Waals surface area contributed by atoms with Crippen molar-refractivity contribution >= 4 is 0 Å². The molecule has 0 radical (unpaired) electrons. The maximum absolute atomic E-state index is 5.88. The lowest BCUT2D eigenvalue weighted by Gasteiger charge is -2.41. The van der Waals surface area contributed by atoms with E-state index in [1.165, 1.54) is 64.2 Å². The lowest BCUT2D eigenvalue weighted by molar-refractivity contribution is 0.0659. The monoisotopic (exact) mass is 290 g/mol. The van der Waals surface area contributed by atoms with Gasteiger partial charge in [-0.2, -0.15) is 0 Å². The number of furan rings is 1. The summed E-state index contributed by atoms with van der Waals surface area (Å²) in [5, 5.41) is 0. The highest BCUT2D eigenvalue weighted by Gasteiger charge is 2.29. The van der Waals surface area contributed by atoms with Crippen LogP contribution in [0.1, 0.15) is 75.7 Å². The molecule has 3 rings (SSSR count). The first-order valence-electron chi connectivity index (χ1n) is 8.90. The highest BCUT2D eigenvalue weighted by Crippen LogP contribution is 2.31. The molecular weight excluding hydrogens is 260 g/mol. The molecule has 2 aliphatic rings. The topological polar surface area (TPSA) is 42.4 Å². The lowest BCUT2D eigenvalue weighted by atomic mass is 9.88. The van der Waals surface area contributed by atoms with Gasteiger partial charge in [-0.1, -0.05) is 38.5 Å². The van der Waals surface area contributed by atoms with Crippen LogP contribution in [0.5, 0.6) is 0 Å². The number of nitrogens with zero attached hydrogens (tertiary/aromatic N) is 1. The molecular formula is C18H30N2O. The third kappa shape index (κ3) is 3.89. The highest BCUT2D eigenvalue weighted by molar-refractivity contribution is 5.07. The normalized spacial score (nSPS) is 22.0. The molecule has 118 valence electrons. The van der Waals surface area contributed by atoms with E-state index < -0.39 is 0 Å². The summed E-state index contributed by atoms with van der Waals surface area (Å²) in [7, 11) is 0. The molecule has 0 amide bonds. The molecule has 0 aliphatic heterocycles. The summed E-state index contributed by atoms with van der Waals surface area (Å²) in [4.78, 5) is 2.78. The van der Waals surface area contributed by atoms with Gasteiger partial charge >= 0.3 is 0 Å². The second-order valence-corrected chi connectivity index (χ2v) is 6.83. The third-order valence-corrected chi connectivity index (χ3v) is 5.34. The van der Waals surface area contributed by atoms with Crippen molar-refractivity contribution in [3.63, 3.8) is 0 Å². The first-order valence-corrected chi connectivity index (χ1v) is 8.90. The second-order valence-electron chi connectivity index (χ2n) is 6.83. The third-order valence-electron chi connectivity index (χ3n) is 5.34. The highest BCUT2D eigenvalue weighted by atomic mass is 16.3. The molecule has 2 aliphatic carbocycles. The van der Waals surface area contributed by atoms with Gasteiger partial charge in [-0.25, -0.2) is 0 Å². The minimum absolute atomic E-state index is 0.507. The van der Waals surface area contributed by atoms with Crippen molar-refractivity contribution in [3.8, 4) is 0 Å². The van der Waals surface area contributed by atoms with E-state index in [-0.39, 0.29) is 0 Å². The number of hydrogen-bond donors (Lipinski definition) is 1. The van der Waals surface area contributed by atoms with Gasteiger partial charge in [0.1, 0.15) is 11.5 Å². The van der Waals surface area contributed by atoms with Gasteiger partial charge in [0.2, 0.25) is 0 Å². The molecule has 1 aromatic rings. The fraction of sp³-hybridized carbons (Fsp3) is 0.778. The first-order chi connectivity index (χ1) is 10.4. The van der Waals surface area contributed by atoms with E-state index in [1.807, 2.05) is 6.07 Å². The van der Waals surface area contributed by atoms with Crippen molar-refractivity contribution in [3.05, 3.63) is 23.7 Å². The second kappa shape index (κ2) is 7.46. The van der Waals surface area contributed by atoms with Crippen LogP contribution >= 0.6 is 0 Å². The Morgan fingerprint density at radius 2 is 1.38 bits per heavy atom. The van der Waals surface area contributed by atoms with Gasteiger partial charge in [0.25, 0.3) is 0 Å². The zero-order valence-corrected chi connectivity index (χ0v) is 13.2. The molecule has 0 saturated heterocycles. The van der Waals surface area contributed by atoms with Gasteiger partial charge in [0, 0.05) is 12.1 Å². The standard InChI is InChI=1S/C18H30N2O/c19-13-17-11-12-18(21-17)14-20(15-7-3-1-4-8-15)16-9-5-2-6-10-16/h11-12,15-16H,1-10,13-14,19H2. The molecule has 0 aromatic carbocycles. The largest absolute Gasteiger partial charge is 0.463 e. The number of hydrogen-bond acceptors (Lipinski definition) is 3. The molecule has 1 aromatic heterocycles. The van der Waals surface area contributed by atoms with Crippen LogP contribution in [0.3, 0.4) is 0 Å². The van der Waals surface area contributed by atoms with E-state index in [4.69, 9.17) is 10.2 Å². The Labute approximate surface area is 128 Å². The Hall–Kier alpha value is -0.800. The van der Waals surface area contributed by atoms with E-state index in [0.717, 1.165) is 30.1 Å². The van der Waals surface area contributed by atoms with Gasteiger partial charge < -0.3 is 10.2 Å². The van der Waals surface area contributed by atoms with Gasteiger partial charge in [-0.15, -0.1) is 0 Å². The summed E-state index contributed by atoms with van der Waals surface area (Å²) in [5.74, 6) is 2.02. The summed E-state index contributed by atoms with van der Waals surface area (Å²) >= 11 is 0. The quantitative estimate of drug-likeness (QED) is 0.883. The minimum atomic E-state index is 0.507. The van der Waals surface area contributed by atoms with Crippen LogP contribution in [0.4, 0.5) is 0 Å². The van der Waals surface area contributed by atoms with Gasteiger partial charge in [0.05, 0.1) is 13.1 Å². The van der Waals surface area contributed by atoms with Crippen LogP contribution in [0.25, 0.3) is 0 Å². The van der Waals surface area contributed by atoms with Crippen molar-refractivity contribution in [1.82, 2.24) is 4.90 Å². The van der Waals surface area contributed by atoms with Crippen LogP contribution in [0.15, 0.2) is 16.5 Å². The van der Waals surface area contributed by atoms with Gasteiger partial charge in [-0.3, -0.25) is 4.90 Å². The van der Waals surface area contributed by atoms with Crippen LogP contribution in [-0.4, -0.2) is 17.0 Å². The van der Waals surface area contributed by atoms with E-state index in [2.05, 4.69) is 11.0 Å². The molecule has 1 heterocycles. The zero-order valence-electron chi connectivity index (χ0n) is 13.2. The van der Waals surface area contributed by atoms with Gasteiger partial charge in [-0.05, 0) is 37.8 Å². The Balaban J connectivity index is 1.70. The fourth-order valence-corrected chi connectivity index (χ4v) is 4.18. The Morgan fingerprint density at radius 1 is 0.857 bits per heavy atom. The summed E-state index contributed by atoms with van der Waals surface area (Å²) < 4.78 is 5.88. The van der Waals surface area contributed by atoms with Gasteiger partial charge in [0.15, 0.2) is 0 Å². The van der Waals surface area contributed by atoms with E-state index in [9.17, 15) is 0 Å². The number of nitrogens with two attached hydrogens (primary N) is 1. The first kappa shape index (κ1) is 15.1. The van der Waals surface area contributed by atoms with Crippen molar-refractivity contribution in [1.29, 1.82) is 0 Å². The fourth-order valence-electron chi connectivity index (χ4n) is 4.18. The van der Waals surface area contributed by atoms with Crippen LogP contribution in [0.2, 0.25) is 0 Å². The zero-order chi connectivity index (χ0) is 14.5. The summed E-state index contributed by atoms with van der Waals surface area (Å²) in [6, 6.07) is 5.71. The summed E-state index contributed by atoms with van der Waals surface area (Å²) in [5.41, 5.74) is 5.67. The Bertz CT molecular complexity index is 399. The molecule has 2 fully saturated rings. The molecule has 2 N–H and O–H groups in total. The van der Waals surface area contributed by atoms with Crippen LogP contribution in [-0.2, 0) is 13.1 Å². The minimum Gasteiger partial charge on any atom is -0.463 e. The lowest BCUT2D eigenvalue weighted by Crippen LogP contribution is -2.44. The molecule has 0 unspecified atom stereocenters. The van der Waals surface area contributed by atoms with Crippen LogP contribution < -0.4 is 5.73 Å². The summed E-state index contributed by atoms with van der Waals surface area (Å²) in [6.07, 6.45) is 14.0. The predicted molar refractivity (Wildman–Crippen MR) is 85.9 cm³/mol. The summed E-state index contributed by atoms with van der Waals surface area (Å²) in [6.45, 7) is 1.49. The Kier molecular flexibility index (Phi) is 5.37. The average molecular weight is 290 g/mol. The molecule has 0 spiro atoms. The van der Waals surface area contributed by atoms with E-state index in [0.29, 0.717) is 6.54 Å². The maximum Gasteiger partial charge on any atom is 0.118 e. The smallest absolute Gasteiger partial charge is 0.118 e. The van der Waals surface area contributed by atoms with Crippen molar-refractivity contribution in [2.24, 2.45) is 5.73 Å². The molecule has 0 bridgehead atoms. The molecule has 3 heteroatoms. The average Bonchev–Trinajstić information content (AvgIpc) is 3.02. The molecule has 3 nitrogen and oxygen atoms in total.